The average molecular weight is 620 g/mol. The van der Waals surface area contributed by atoms with E-state index in [0.717, 1.165) is 48.5 Å². The fourth-order valence-electron chi connectivity index (χ4n) is 4.62. The number of carbonyl (C=O) groups excluding carboxylic acids is 7. The van der Waals surface area contributed by atoms with E-state index in [4.69, 9.17) is 42.6 Å². The average Bonchev–Trinajstić information content (AvgIpc) is 2.84. The summed E-state index contributed by atoms with van der Waals surface area (Å²) in [7, 11) is 0. The molecule has 0 radical (unpaired) electrons. The van der Waals surface area contributed by atoms with Gasteiger partial charge in [0.05, 0.1) is 6.10 Å². The van der Waals surface area contributed by atoms with Gasteiger partial charge in [-0.05, 0) is 6.92 Å². The normalized spacial score (nSPS) is 31.9. The molecule has 0 aromatic heterocycles. The minimum Gasteiger partial charge on any atom is -0.463 e. The van der Waals surface area contributed by atoms with Gasteiger partial charge in [-0.3, -0.25) is 33.6 Å². The second-order valence-electron chi connectivity index (χ2n) is 9.79. The summed E-state index contributed by atoms with van der Waals surface area (Å²) in [5.41, 5.74) is 0. The summed E-state index contributed by atoms with van der Waals surface area (Å²) < 4.78 is 49.9. The first kappa shape index (κ1) is 35.4. The molecule has 2 rings (SSSR count). The van der Waals surface area contributed by atoms with E-state index >= 15 is 0 Å². The summed E-state index contributed by atoms with van der Waals surface area (Å²) >= 11 is 0. The lowest BCUT2D eigenvalue weighted by atomic mass is 9.94. The Labute approximate surface area is 247 Å². The third kappa shape index (κ3) is 10.4. The summed E-state index contributed by atoms with van der Waals surface area (Å²) in [5, 5.41) is 2.53. The SMILES string of the molecule is CC(=O)NC1C(OC(C)=O)OC(COC(C)=O)C(OC(C)=O)C1OC1OC(C)C(OC(C)=O)C(OC(C)=O)C1OC(C)=O. The van der Waals surface area contributed by atoms with Crippen LogP contribution in [0.15, 0.2) is 0 Å². The van der Waals surface area contributed by atoms with E-state index < -0.39 is 110 Å². The van der Waals surface area contributed by atoms with Crippen molar-refractivity contribution in [3.05, 3.63) is 0 Å². The first-order valence-electron chi connectivity index (χ1n) is 13.2. The van der Waals surface area contributed by atoms with Gasteiger partial charge >= 0.3 is 35.8 Å². The van der Waals surface area contributed by atoms with Gasteiger partial charge in [0.15, 0.2) is 30.7 Å². The topological polar surface area (TPSA) is 215 Å². The molecule has 2 fully saturated rings. The van der Waals surface area contributed by atoms with E-state index in [-0.39, 0.29) is 0 Å². The largest absolute Gasteiger partial charge is 0.463 e. The van der Waals surface area contributed by atoms with Gasteiger partial charge in [0.25, 0.3) is 0 Å². The predicted molar refractivity (Wildman–Crippen MR) is 136 cm³/mol. The lowest BCUT2D eigenvalue weighted by molar-refractivity contribution is -0.340. The van der Waals surface area contributed by atoms with Gasteiger partial charge in [-0.1, -0.05) is 0 Å². The van der Waals surface area contributed by atoms with E-state index in [9.17, 15) is 33.6 Å². The van der Waals surface area contributed by atoms with Crippen LogP contribution in [0.25, 0.3) is 0 Å². The van der Waals surface area contributed by atoms with Crippen LogP contribution in [0.3, 0.4) is 0 Å². The zero-order valence-electron chi connectivity index (χ0n) is 25.0. The molecule has 242 valence electrons. The predicted octanol–water partition coefficient (Wildman–Crippen LogP) is -0.801. The molecule has 2 heterocycles. The molecule has 1 amide bonds. The number of carbonyl (C=O) groups is 7. The quantitative estimate of drug-likeness (QED) is 0.234. The molecule has 1 N–H and O–H groups in total. The molecule has 2 aliphatic rings. The number of amides is 1. The number of ether oxygens (including phenoxy) is 9. The number of hydrogen-bond acceptors (Lipinski definition) is 16. The molecule has 0 saturated carbocycles. The summed E-state index contributed by atoms with van der Waals surface area (Å²) in [6.45, 7) is 8.64. The van der Waals surface area contributed by atoms with E-state index in [2.05, 4.69) is 5.32 Å². The van der Waals surface area contributed by atoms with Crippen molar-refractivity contribution in [2.24, 2.45) is 0 Å². The van der Waals surface area contributed by atoms with Crippen LogP contribution in [0.2, 0.25) is 0 Å². The van der Waals surface area contributed by atoms with Crippen LogP contribution < -0.4 is 5.32 Å². The highest BCUT2D eigenvalue weighted by atomic mass is 16.8. The number of nitrogens with one attached hydrogen (secondary N) is 1. The third-order valence-corrected chi connectivity index (χ3v) is 5.98. The van der Waals surface area contributed by atoms with Crippen molar-refractivity contribution >= 4 is 41.7 Å². The monoisotopic (exact) mass is 619 g/mol. The molecule has 0 bridgehead atoms. The van der Waals surface area contributed by atoms with Crippen LogP contribution in [-0.2, 0) is 76.2 Å². The minimum atomic E-state index is -1.63. The lowest BCUT2D eigenvalue weighted by Gasteiger charge is -2.48. The Bertz CT molecular complexity index is 1060. The Kier molecular flexibility index (Phi) is 12.8. The van der Waals surface area contributed by atoms with E-state index in [1.165, 1.54) is 6.92 Å². The van der Waals surface area contributed by atoms with Crippen molar-refractivity contribution in [3.8, 4) is 0 Å². The summed E-state index contributed by atoms with van der Waals surface area (Å²) in [6.07, 6.45) is -12.7. The Balaban J connectivity index is 2.66. The van der Waals surface area contributed by atoms with Gasteiger partial charge in [0, 0.05) is 48.5 Å². The van der Waals surface area contributed by atoms with Crippen LogP contribution in [0.1, 0.15) is 55.4 Å². The molecule has 10 unspecified atom stereocenters. The summed E-state index contributed by atoms with van der Waals surface area (Å²) in [6, 6.07) is -1.38. The van der Waals surface area contributed by atoms with Crippen molar-refractivity contribution in [2.45, 2.75) is 117 Å². The molecule has 2 saturated heterocycles. The smallest absolute Gasteiger partial charge is 0.305 e. The number of hydrogen-bond donors (Lipinski definition) is 1. The highest BCUT2D eigenvalue weighted by Gasteiger charge is 2.56. The molecule has 0 spiro atoms. The Morgan fingerprint density at radius 1 is 0.558 bits per heavy atom. The van der Waals surface area contributed by atoms with Crippen LogP contribution in [-0.4, -0.2) is 110 Å². The van der Waals surface area contributed by atoms with Gasteiger partial charge in [-0.2, -0.15) is 0 Å². The molecule has 17 nitrogen and oxygen atoms in total. The van der Waals surface area contributed by atoms with Crippen LogP contribution in [0.5, 0.6) is 0 Å². The Morgan fingerprint density at radius 2 is 1.05 bits per heavy atom. The standard InChI is InChI=1S/C26H37NO16/c1-10-20(37-13(4)30)23(39-15(6)32)24(40-16(7)33)26(36-10)43-22-19(27-11(2)28)25(41-17(8)34)42-18(9-35-12(3)29)21(22)38-14(5)31/h10,18-26H,9H2,1-8H3,(H,27,28). The van der Waals surface area contributed by atoms with E-state index in [1.807, 2.05) is 0 Å². The van der Waals surface area contributed by atoms with Crippen molar-refractivity contribution in [1.82, 2.24) is 5.32 Å². The Hall–Kier alpha value is -3.83. The molecular formula is C26H37NO16. The van der Waals surface area contributed by atoms with Crippen LogP contribution in [0.4, 0.5) is 0 Å². The third-order valence-electron chi connectivity index (χ3n) is 5.98. The zero-order valence-corrected chi connectivity index (χ0v) is 25.0. The van der Waals surface area contributed by atoms with Crippen molar-refractivity contribution in [2.75, 3.05) is 6.61 Å². The van der Waals surface area contributed by atoms with Crippen molar-refractivity contribution in [3.63, 3.8) is 0 Å². The maximum atomic E-state index is 12.2. The number of esters is 6. The maximum absolute atomic E-state index is 12.2. The lowest BCUT2D eigenvalue weighted by Crippen LogP contribution is -2.69. The molecule has 0 aromatic rings. The van der Waals surface area contributed by atoms with Crippen molar-refractivity contribution in [1.29, 1.82) is 0 Å². The second-order valence-corrected chi connectivity index (χ2v) is 9.79. The van der Waals surface area contributed by atoms with Gasteiger partial charge in [0.1, 0.15) is 24.9 Å². The highest BCUT2D eigenvalue weighted by Crippen LogP contribution is 2.34. The van der Waals surface area contributed by atoms with Gasteiger partial charge in [-0.15, -0.1) is 0 Å². The highest BCUT2D eigenvalue weighted by molar-refractivity contribution is 5.73. The van der Waals surface area contributed by atoms with Crippen LogP contribution >= 0.6 is 0 Å². The molecular weight excluding hydrogens is 582 g/mol. The van der Waals surface area contributed by atoms with E-state index in [1.54, 1.807) is 0 Å². The first-order valence-corrected chi connectivity index (χ1v) is 13.2. The maximum Gasteiger partial charge on any atom is 0.305 e. The summed E-state index contributed by atoms with van der Waals surface area (Å²) in [4.78, 5) is 84.0. The minimum absolute atomic E-state index is 0.502. The van der Waals surface area contributed by atoms with Crippen LogP contribution in [0, 0.1) is 0 Å². The first-order chi connectivity index (χ1) is 20.0. The molecule has 2 aliphatic heterocycles. The Morgan fingerprint density at radius 3 is 1.53 bits per heavy atom. The second kappa shape index (κ2) is 15.6. The fraction of sp³-hybridized carbons (Fsp3) is 0.731. The zero-order chi connectivity index (χ0) is 32.6. The van der Waals surface area contributed by atoms with Crippen molar-refractivity contribution < 1.29 is 76.2 Å². The van der Waals surface area contributed by atoms with Gasteiger partial charge < -0.3 is 47.9 Å². The molecule has 0 aromatic carbocycles. The summed E-state index contributed by atoms with van der Waals surface area (Å²) in [5.74, 6) is -5.43. The molecule has 0 aliphatic carbocycles. The van der Waals surface area contributed by atoms with Gasteiger partial charge in [-0.25, -0.2) is 0 Å². The number of rotatable bonds is 10. The molecule has 43 heavy (non-hydrogen) atoms. The molecule has 10 atom stereocenters. The fourth-order valence-corrected chi connectivity index (χ4v) is 4.62. The van der Waals surface area contributed by atoms with Gasteiger partial charge in [0.2, 0.25) is 12.2 Å². The van der Waals surface area contributed by atoms with E-state index in [0.29, 0.717) is 0 Å². The molecule has 17 heteroatoms.